The zero-order valence-corrected chi connectivity index (χ0v) is 16.0. The number of aromatic nitrogens is 1. The predicted molar refractivity (Wildman–Crippen MR) is 107 cm³/mol. The molecule has 3 saturated heterocycles. The van der Waals surface area contributed by atoms with Gasteiger partial charge < -0.3 is 4.74 Å². The molecule has 5 atom stereocenters. The van der Waals surface area contributed by atoms with E-state index < -0.39 is 0 Å². The summed E-state index contributed by atoms with van der Waals surface area (Å²) in [5, 5.41) is 1.08. The molecule has 0 saturated carbocycles. The Morgan fingerprint density at radius 3 is 3.00 bits per heavy atom. The number of esters is 1. The molecule has 0 N–H and O–H groups in total. The number of carbonyl (C=O) groups excluding carboxylic acids is 1. The first-order valence-electron chi connectivity index (χ1n) is 10.1. The summed E-state index contributed by atoms with van der Waals surface area (Å²) in [6, 6.07) is 10.4. The van der Waals surface area contributed by atoms with Crippen LogP contribution in [0.3, 0.4) is 0 Å². The molecule has 1 unspecified atom stereocenters. The van der Waals surface area contributed by atoms with Gasteiger partial charge in [-0.15, -0.1) is 6.58 Å². The van der Waals surface area contributed by atoms with Gasteiger partial charge >= 0.3 is 5.97 Å². The molecule has 4 heteroatoms. The van der Waals surface area contributed by atoms with Crippen molar-refractivity contribution in [1.82, 2.24) is 9.88 Å². The lowest BCUT2D eigenvalue weighted by Gasteiger charge is -2.51. The third kappa shape index (κ3) is 3.51. The smallest absolute Gasteiger partial charge is 0.306 e. The first-order chi connectivity index (χ1) is 13.2. The minimum atomic E-state index is -0.245. The van der Waals surface area contributed by atoms with Gasteiger partial charge in [0.2, 0.25) is 0 Å². The monoisotopic (exact) mass is 364 g/mol. The lowest BCUT2D eigenvalue weighted by Crippen LogP contribution is -2.55. The van der Waals surface area contributed by atoms with Gasteiger partial charge in [0.05, 0.1) is 11.6 Å². The van der Waals surface area contributed by atoms with Crippen LogP contribution in [-0.4, -0.2) is 35.0 Å². The molecule has 3 aliphatic heterocycles. The molecule has 0 amide bonds. The maximum atomic E-state index is 12.5. The van der Waals surface area contributed by atoms with Crippen LogP contribution in [0.25, 0.3) is 10.9 Å². The summed E-state index contributed by atoms with van der Waals surface area (Å²) in [6.45, 7) is 8.13. The van der Waals surface area contributed by atoms with Gasteiger partial charge in [-0.25, -0.2) is 0 Å². The predicted octanol–water partition coefficient (Wildman–Crippen LogP) is 4.52. The van der Waals surface area contributed by atoms with Crippen LogP contribution < -0.4 is 0 Å². The van der Waals surface area contributed by atoms with Gasteiger partial charge in [-0.2, -0.15) is 0 Å². The topological polar surface area (TPSA) is 42.4 Å². The maximum absolute atomic E-state index is 12.5. The number of carbonyl (C=O) groups is 1. The molecule has 0 radical (unpaired) electrons. The van der Waals surface area contributed by atoms with Crippen LogP contribution in [0.5, 0.6) is 0 Å². The van der Waals surface area contributed by atoms with Gasteiger partial charge in [0.15, 0.2) is 0 Å². The van der Waals surface area contributed by atoms with Crippen molar-refractivity contribution in [3.8, 4) is 0 Å². The standard InChI is InChI=1S/C23H28N2O2/c1-3-7-22(26)27-23(19-10-12-24-20-9-6-5-8-18(19)20)21-14-17-11-13-25(21)15-16(17)4-2/h4-6,8-10,12,16-17,21,23H,2-3,7,11,13-15H2,1H3/t16-,17+,21-,23-/m1/s1. The summed E-state index contributed by atoms with van der Waals surface area (Å²) in [6.07, 6.45) is 7.22. The number of nitrogens with zero attached hydrogens (tertiary/aromatic N) is 2. The van der Waals surface area contributed by atoms with Gasteiger partial charge in [0.1, 0.15) is 6.10 Å². The van der Waals surface area contributed by atoms with E-state index in [9.17, 15) is 4.79 Å². The highest BCUT2D eigenvalue weighted by Gasteiger charge is 2.44. The van der Waals surface area contributed by atoms with Crippen molar-refractivity contribution in [2.75, 3.05) is 13.1 Å². The van der Waals surface area contributed by atoms with Crippen LogP contribution in [0.15, 0.2) is 49.2 Å². The van der Waals surface area contributed by atoms with Gasteiger partial charge in [-0.3, -0.25) is 14.7 Å². The Balaban J connectivity index is 1.71. The van der Waals surface area contributed by atoms with Crippen molar-refractivity contribution < 1.29 is 9.53 Å². The first-order valence-corrected chi connectivity index (χ1v) is 10.1. The molecule has 142 valence electrons. The molecule has 4 nitrogen and oxygen atoms in total. The molecule has 0 aliphatic carbocycles. The normalized spacial score (nSPS) is 28.0. The Hall–Kier alpha value is -2.20. The summed E-state index contributed by atoms with van der Waals surface area (Å²) in [4.78, 5) is 19.5. The molecule has 4 heterocycles. The highest BCUT2D eigenvalue weighted by Crippen LogP contribution is 2.43. The van der Waals surface area contributed by atoms with Crippen molar-refractivity contribution >= 4 is 16.9 Å². The number of fused-ring (bicyclic) bond motifs is 4. The van der Waals surface area contributed by atoms with Crippen molar-refractivity contribution in [2.45, 2.75) is 44.8 Å². The third-order valence-electron chi connectivity index (χ3n) is 6.21. The highest BCUT2D eigenvalue weighted by atomic mass is 16.5. The van der Waals surface area contributed by atoms with Crippen molar-refractivity contribution in [2.24, 2.45) is 11.8 Å². The molecule has 0 spiro atoms. The Kier molecular flexibility index (Phi) is 5.26. The Labute approximate surface area is 161 Å². The Morgan fingerprint density at radius 2 is 2.26 bits per heavy atom. The molecule has 5 rings (SSSR count). The van der Waals surface area contributed by atoms with E-state index in [4.69, 9.17) is 4.74 Å². The van der Waals surface area contributed by atoms with Gasteiger partial charge in [0, 0.05) is 30.1 Å². The summed E-state index contributed by atoms with van der Waals surface area (Å²) in [5.74, 6) is 1.08. The van der Waals surface area contributed by atoms with E-state index in [1.165, 1.54) is 6.42 Å². The number of rotatable bonds is 6. The maximum Gasteiger partial charge on any atom is 0.306 e. The van der Waals surface area contributed by atoms with Crippen LogP contribution in [0, 0.1) is 11.8 Å². The molecule has 1 aromatic heterocycles. The van der Waals surface area contributed by atoms with Gasteiger partial charge in [0.25, 0.3) is 0 Å². The number of piperidine rings is 3. The summed E-state index contributed by atoms with van der Waals surface area (Å²) >= 11 is 0. The van der Waals surface area contributed by atoms with Crippen molar-refractivity contribution in [1.29, 1.82) is 0 Å². The average Bonchev–Trinajstić information content (AvgIpc) is 2.72. The van der Waals surface area contributed by atoms with Crippen LogP contribution >= 0.6 is 0 Å². The summed E-state index contributed by atoms with van der Waals surface area (Å²) in [7, 11) is 0. The lowest BCUT2D eigenvalue weighted by atomic mass is 9.73. The number of pyridine rings is 1. The zero-order chi connectivity index (χ0) is 18.8. The number of benzene rings is 1. The van der Waals surface area contributed by atoms with E-state index in [1.54, 1.807) is 0 Å². The van der Waals surface area contributed by atoms with Gasteiger partial charge in [-0.1, -0.05) is 31.2 Å². The molecule has 3 aliphatic rings. The largest absolute Gasteiger partial charge is 0.456 e. The number of para-hydroxylation sites is 1. The number of hydrogen-bond acceptors (Lipinski definition) is 4. The molecular formula is C23H28N2O2. The number of ether oxygens (including phenoxy) is 1. The molecule has 3 fully saturated rings. The van der Waals surface area contributed by atoms with E-state index in [-0.39, 0.29) is 18.1 Å². The average molecular weight is 364 g/mol. The van der Waals surface area contributed by atoms with E-state index in [0.29, 0.717) is 18.3 Å². The summed E-state index contributed by atoms with van der Waals surface area (Å²) in [5.41, 5.74) is 2.03. The van der Waals surface area contributed by atoms with E-state index in [0.717, 1.165) is 42.4 Å². The lowest BCUT2D eigenvalue weighted by molar-refractivity contribution is -0.157. The van der Waals surface area contributed by atoms with Crippen LogP contribution in [0.4, 0.5) is 0 Å². The van der Waals surface area contributed by atoms with Crippen molar-refractivity contribution in [3.63, 3.8) is 0 Å². The van der Waals surface area contributed by atoms with Crippen molar-refractivity contribution in [3.05, 3.63) is 54.7 Å². The minimum Gasteiger partial charge on any atom is -0.456 e. The highest BCUT2D eigenvalue weighted by molar-refractivity contribution is 5.82. The zero-order valence-electron chi connectivity index (χ0n) is 16.0. The second kappa shape index (κ2) is 7.81. The second-order valence-electron chi connectivity index (χ2n) is 7.82. The fourth-order valence-corrected chi connectivity index (χ4v) is 4.81. The van der Waals surface area contributed by atoms with E-state index >= 15 is 0 Å². The van der Waals surface area contributed by atoms with E-state index in [2.05, 4.69) is 28.6 Å². The molecular weight excluding hydrogens is 336 g/mol. The molecule has 27 heavy (non-hydrogen) atoms. The van der Waals surface area contributed by atoms with Crippen LogP contribution in [0.2, 0.25) is 0 Å². The van der Waals surface area contributed by atoms with E-state index in [1.807, 2.05) is 37.4 Å². The van der Waals surface area contributed by atoms with Crippen LogP contribution in [0.1, 0.15) is 44.3 Å². The SMILES string of the molecule is C=C[C@@H]1CN2CC[C@H]1C[C@@H]2[C@H](OC(=O)CCC)c1ccnc2ccccc12. The van der Waals surface area contributed by atoms with Crippen LogP contribution in [-0.2, 0) is 9.53 Å². The minimum absolute atomic E-state index is 0.105. The molecule has 2 aromatic rings. The fraction of sp³-hybridized carbons (Fsp3) is 0.478. The van der Waals surface area contributed by atoms with Gasteiger partial charge in [-0.05, 0) is 49.8 Å². The summed E-state index contributed by atoms with van der Waals surface area (Å²) < 4.78 is 6.11. The Bertz CT molecular complexity index is 829. The molecule has 1 aromatic carbocycles. The third-order valence-corrected chi connectivity index (χ3v) is 6.21. The molecule has 2 bridgehead atoms. The second-order valence-corrected chi connectivity index (χ2v) is 7.82. The Morgan fingerprint density at radius 1 is 1.41 bits per heavy atom. The fourth-order valence-electron chi connectivity index (χ4n) is 4.81. The number of hydrogen-bond donors (Lipinski definition) is 0. The first kappa shape index (κ1) is 18.2. The quantitative estimate of drug-likeness (QED) is 0.558.